The predicted octanol–water partition coefficient (Wildman–Crippen LogP) is 7.93. The maximum Gasteiger partial charge on any atom is 0.282 e. The summed E-state index contributed by atoms with van der Waals surface area (Å²) >= 11 is 3.48. The van der Waals surface area contributed by atoms with Gasteiger partial charge in [-0.05, 0) is 68.1 Å². The Bertz CT molecular complexity index is 1640. The first-order valence-electron chi connectivity index (χ1n) is 14.0. The zero-order valence-corrected chi connectivity index (χ0v) is 24.7. The molecule has 8 heteroatoms. The van der Waals surface area contributed by atoms with Gasteiger partial charge < -0.3 is 9.47 Å². The van der Waals surface area contributed by atoms with E-state index in [0.717, 1.165) is 41.3 Å². The summed E-state index contributed by atoms with van der Waals surface area (Å²) in [4.78, 5) is 18.6. The van der Waals surface area contributed by atoms with Crippen LogP contribution in [0.4, 0.5) is 4.39 Å². The van der Waals surface area contributed by atoms with Gasteiger partial charge in [0.15, 0.2) is 11.5 Å². The average Bonchev–Trinajstić information content (AvgIpc) is 2.98. The summed E-state index contributed by atoms with van der Waals surface area (Å²) in [5.41, 5.74) is 2.49. The molecule has 0 bridgehead atoms. The van der Waals surface area contributed by atoms with Crippen LogP contribution in [0.25, 0.3) is 10.9 Å². The van der Waals surface area contributed by atoms with E-state index in [1.807, 2.05) is 31.2 Å². The van der Waals surface area contributed by atoms with Gasteiger partial charge in [-0.2, -0.15) is 9.78 Å². The van der Waals surface area contributed by atoms with Gasteiger partial charge in [0.25, 0.3) is 5.56 Å². The molecule has 1 heterocycles. The van der Waals surface area contributed by atoms with Crippen LogP contribution in [0.3, 0.4) is 0 Å². The average molecular weight is 619 g/mol. The summed E-state index contributed by atoms with van der Waals surface area (Å²) in [5.74, 6) is 1.59. The van der Waals surface area contributed by atoms with E-state index in [9.17, 15) is 9.18 Å². The molecule has 6 nitrogen and oxygen atoms in total. The third kappa shape index (κ3) is 6.59. The molecule has 0 amide bonds. The van der Waals surface area contributed by atoms with Crippen molar-refractivity contribution in [3.63, 3.8) is 0 Å². The molecule has 1 aliphatic carbocycles. The lowest BCUT2D eigenvalue weighted by molar-refractivity contribution is 0.263. The second-order valence-electron chi connectivity index (χ2n) is 10.1. The molecule has 0 N–H and O–H groups in total. The van der Waals surface area contributed by atoms with E-state index >= 15 is 0 Å². The molecule has 0 radical (unpaired) electrons. The lowest BCUT2D eigenvalue weighted by Gasteiger charge is -2.22. The topological polar surface area (TPSA) is 65.7 Å². The van der Waals surface area contributed by atoms with Gasteiger partial charge >= 0.3 is 0 Å². The zero-order chi connectivity index (χ0) is 28.8. The monoisotopic (exact) mass is 617 g/mol. The molecule has 0 spiro atoms. The van der Waals surface area contributed by atoms with Crippen LogP contribution in [-0.2, 0) is 13.0 Å². The fourth-order valence-electron chi connectivity index (χ4n) is 5.28. The Morgan fingerprint density at radius 3 is 2.66 bits per heavy atom. The van der Waals surface area contributed by atoms with Crippen LogP contribution in [0.5, 0.6) is 11.5 Å². The summed E-state index contributed by atoms with van der Waals surface area (Å²) in [7, 11) is 0. The number of hydrogen-bond donors (Lipinski definition) is 0. The molecule has 5 rings (SSSR count). The lowest BCUT2D eigenvalue weighted by atomic mass is 9.88. The van der Waals surface area contributed by atoms with E-state index in [-0.39, 0.29) is 23.9 Å². The van der Waals surface area contributed by atoms with Gasteiger partial charge in [0.1, 0.15) is 18.2 Å². The Labute approximate surface area is 247 Å². The van der Waals surface area contributed by atoms with Crippen molar-refractivity contribution in [2.45, 2.75) is 58.0 Å². The number of fused-ring (bicyclic) bond motifs is 1. The minimum absolute atomic E-state index is 0.0583. The van der Waals surface area contributed by atoms with Crippen molar-refractivity contribution >= 4 is 33.0 Å². The van der Waals surface area contributed by atoms with Gasteiger partial charge in [0, 0.05) is 21.5 Å². The van der Waals surface area contributed by atoms with Gasteiger partial charge in [-0.15, -0.1) is 6.58 Å². The summed E-state index contributed by atoms with van der Waals surface area (Å²) in [6.45, 7) is 6.26. The maximum absolute atomic E-state index is 14.3. The van der Waals surface area contributed by atoms with E-state index in [2.05, 4.69) is 22.5 Å². The Morgan fingerprint density at radius 2 is 1.90 bits per heavy atom. The zero-order valence-electron chi connectivity index (χ0n) is 23.1. The number of ether oxygens (including phenoxy) is 2. The molecule has 0 aliphatic heterocycles. The summed E-state index contributed by atoms with van der Waals surface area (Å²) in [5, 5.41) is 5.21. The summed E-state index contributed by atoms with van der Waals surface area (Å²) < 4.78 is 28.6. The molecule has 1 fully saturated rings. The van der Waals surface area contributed by atoms with Crippen LogP contribution in [0.2, 0.25) is 0 Å². The Morgan fingerprint density at radius 1 is 1.10 bits per heavy atom. The molecule has 1 aromatic heterocycles. The van der Waals surface area contributed by atoms with Crippen molar-refractivity contribution in [1.29, 1.82) is 0 Å². The largest absolute Gasteiger partial charge is 0.490 e. The van der Waals surface area contributed by atoms with Crippen molar-refractivity contribution < 1.29 is 13.9 Å². The lowest BCUT2D eigenvalue weighted by Crippen LogP contribution is -2.25. The molecule has 0 saturated heterocycles. The normalized spacial score (nSPS) is 14.0. The molecule has 0 unspecified atom stereocenters. The highest BCUT2D eigenvalue weighted by atomic mass is 79.9. The molecule has 1 aliphatic rings. The van der Waals surface area contributed by atoms with Crippen molar-refractivity contribution in [3.05, 3.63) is 110 Å². The van der Waals surface area contributed by atoms with Crippen molar-refractivity contribution in [2.24, 2.45) is 5.10 Å². The smallest absolute Gasteiger partial charge is 0.282 e. The first kappa shape index (κ1) is 28.7. The second-order valence-corrected chi connectivity index (χ2v) is 11.1. The van der Waals surface area contributed by atoms with Crippen molar-refractivity contribution in [1.82, 2.24) is 9.66 Å². The van der Waals surface area contributed by atoms with Gasteiger partial charge in [0.2, 0.25) is 0 Å². The van der Waals surface area contributed by atoms with E-state index in [4.69, 9.17) is 19.6 Å². The SMILES string of the molecule is C=CCc1cc(C=Nn2c(C3CCCCC3)nc3ccc(Br)cc3c2=O)cc(OCC)c1OCc1ccccc1F. The maximum atomic E-state index is 14.3. The summed E-state index contributed by atoms with van der Waals surface area (Å²) in [6.07, 6.45) is 9.33. The Hall–Kier alpha value is -3.78. The number of hydrogen-bond acceptors (Lipinski definition) is 5. The predicted molar refractivity (Wildman–Crippen MR) is 165 cm³/mol. The highest BCUT2D eigenvalue weighted by Crippen LogP contribution is 2.35. The van der Waals surface area contributed by atoms with Gasteiger partial charge in [-0.3, -0.25) is 4.79 Å². The molecule has 41 heavy (non-hydrogen) atoms. The first-order valence-corrected chi connectivity index (χ1v) is 14.8. The van der Waals surface area contributed by atoms with Crippen LogP contribution in [0.15, 0.2) is 81.6 Å². The first-order chi connectivity index (χ1) is 20.0. The molecule has 212 valence electrons. The van der Waals surface area contributed by atoms with Gasteiger partial charge in [-0.1, -0.05) is 59.5 Å². The highest BCUT2D eigenvalue weighted by molar-refractivity contribution is 9.10. The minimum Gasteiger partial charge on any atom is -0.490 e. The van der Waals surface area contributed by atoms with Crippen molar-refractivity contribution in [2.75, 3.05) is 6.61 Å². The molecular formula is C33H33BrFN3O3. The second kappa shape index (κ2) is 13.3. The number of aromatic nitrogens is 2. The van der Waals surface area contributed by atoms with Gasteiger partial charge in [0.05, 0.1) is 23.7 Å². The standard InChI is InChI=1S/C33H33BrFN3O3/c1-3-10-24-17-22(18-30(40-4-2)31(24)41-21-25-13-8-9-14-28(25)35)20-36-38-32(23-11-6-5-7-12-23)37-29-16-15-26(34)19-27(29)33(38)39/h3,8-9,13-20,23H,1,4-7,10-12,21H2,2H3. The quantitative estimate of drug-likeness (QED) is 0.134. The Balaban J connectivity index is 1.56. The van der Waals surface area contributed by atoms with E-state index in [1.54, 1.807) is 36.6 Å². The molecule has 4 aromatic rings. The molecule has 0 atom stereocenters. The number of allylic oxidation sites excluding steroid dienone is 1. The minimum atomic E-state index is -0.324. The molecular weight excluding hydrogens is 585 g/mol. The van der Waals surface area contributed by atoms with Crippen LogP contribution >= 0.6 is 15.9 Å². The molecule has 3 aromatic carbocycles. The van der Waals surface area contributed by atoms with Crippen molar-refractivity contribution in [3.8, 4) is 11.5 Å². The number of nitrogens with zero attached hydrogens (tertiary/aromatic N) is 3. The van der Waals surface area contributed by atoms with E-state index in [0.29, 0.717) is 46.8 Å². The van der Waals surface area contributed by atoms with E-state index in [1.165, 1.54) is 17.2 Å². The summed E-state index contributed by atoms with van der Waals surface area (Å²) in [6, 6.07) is 15.9. The van der Waals surface area contributed by atoms with E-state index < -0.39 is 0 Å². The fraction of sp³-hybridized carbons (Fsp3) is 0.303. The van der Waals surface area contributed by atoms with Crippen LogP contribution in [0.1, 0.15) is 67.5 Å². The van der Waals surface area contributed by atoms with Crippen LogP contribution in [0, 0.1) is 5.82 Å². The third-order valence-electron chi connectivity index (χ3n) is 7.27. The molecule has 1 saturated carbocycles. The fourth-order valence-corrected chi connectivity index (χ4v) is 5.65. The van der Waals surface area contributed by atoms with Crippen LogP contribution < -0.4 is 15.0 Å². The number of benzene rings is 3. The van der Waals surface area contributed by atoms with Crippen LogP contribution in [-0.4, -0.2) is 22.5 Å². The van der Waals surface area contributed by atoms with Gasteiger partial charge in [-0.25, -0.2) is 9.37 Å². The Kier molecular flexibility index (Phi) is 9.29. The number of rotatable bonds is 10. The number of halogens is 2. The highest BCUT2D eigenvalue weighted by Gasteiger charge is 2.23. The third-order valence-corrected chi connectivity index (χ3v) is 7.77.